The van der Waals surface area contributed by atoms with Crippen LogP contribution in [0.4, 0.5) is 0 Å². The number of unbranched alkanes of at least 4 members (excludes halogenated alkanes) is 20. The molecule has 9 rings (SSSR count). The van der Waals surface area contributed by atoms with Gasteiger partial charge in [0.2, 0.25) is 0 Å². The Morgan fingerprint density at radius 2 is 0.553 bits per heavy atom. The zero-order valence-corrected chi connectivity index (χ0v) is 46.0. The molecule has 0 saturated heterocycles. The van der Waals surface area contributed by atoms with E-state index in [-0.39, 0.29) is 0 Å². The van der Waals surface area contributed by atoms with Gasteiger partial charge in [0.25, 0.3) is 0 Å². The molecule has 0 radical (unpaired) electrons. The molecule has 7 aromatic rings. The number of nitrogens with zero attached hydrogens (tertiary/aromatic N) is 6. The SMILES string of the molecule is CCCCCCCCOc1ccc2c(c1)-c1nc-2nc2[nH]c(nc3nc(nc4[nH]c(n1)c1ccc(OCCCCCCCC)cc41)-c1ccc(OCCCCCCCC)cc1-3)c1ccc(OCCCCCCCC)cc21. The average Bonchev–Trinajstić information content (AvgIpc) is 4.21. The summed E-state index contributed by atoms with van der Waals surface area (Å²) in [6.07, 6.45) is 28.7. The van der Waals surface area contributed by atoms with Crippen LogP contribution in [-0.4, -0.2) is 66.3 Å². The van der Waals surface area contributed by atoms with Gasteiger partial charge in [0.1, 0.15) is 45.6 Å². The van der Waals surface area contributed by atoms with Crippen molar-refractivity contribution in [2.75, 3.05) is 26.4 Å². The number of ether oxygens (including phenoxy) is 4. The van der Waals surface area contributed by atoms with Crippen LogP contribution < -0.4 is 18.9 Å². The van der Waals surface area contributed by atoms with Crippen molar-refractivity contribution in [3.8, 4) is 68.5 Å². The Kier molecular flexibility index (Phi) is 20.0. The molecule has 4 aromatic carbocycles. The van der Waals surface area contributed by atoms with Crippen molar-refractivity contribution in [2.45, 2.75) is 182 Å². The molecule has 402 valence electrons. The van der Waals surface area contributed by atoms with E-state index in [1.807, 2.05) is 24.3 Å². The normalized spacial score (nSPS) is 11.8. The van der Waals surface area contributed by atoms with Crippen LogP contribution in [0.25, 0.3) is 89.7 Å². The molecule has 8 bridgehead atoms. The summed E-state index contributed by atoms with van der Waals surface area (Å²) in [6, 6.07) is 24.6. The lowest BCUT2D eigenvalue weighted by Crippen LogP contribution is -1.97. The van der Waals surface area contributed by atoms with Crippen LogP contribution in [0, 0.1) is 0 Å². The molecule has 0 unspecified atom stereocenters. The molecule has 2 aliphatic rings. The van der Waals surface area contributed by atoms with Crippen LogP contribution in [-0.2, 0) is 0 Å². The van der Waals surface area contributed by atoms with Crippen molar-refractivity contribution in [2.24, 2.45) is 0 Å². The van der Waals surface area contributed by atoms with Gasteiger partial charge < -0.3 is 28.9 Å². The summed E-state index contributed by atoms with van der Waals surface area (Å²) < 4.78 is 25.6. The minimum atomic E-state index is 0.528. The standard InChI is InChI=1S/C64H82N8O4/c1-5-9-13-17-21-25-37-73-45-29-33-49-53(41-45)61-65-57(49)70-62-55-43-47(75-39-27-23-19-15-11-7-3)31-35-51(55)59(67-62)72-64-56-44-48(76-40-28-24-20-16-12-8-4)32-36-52(56)60(68-64)71-63-54-42-46(30-34-50(54)58(66-63)69-61)74-38-26-22-18-14-10-6-2/h29-36,41-44H,5-28,37-40H2,1-4H3,(H2,65,66,67,68,69,70,71,72). The number of aromatic amines is 2. The molecule has 12 nitrogen and oxygen atoms in total. The van der Waals surface area contributed by atoms with Gasteiger partial charge in [-0.1, -0.05) is 156 Å². The van der Waals surface area contributed by atoms with Crippen molar-refractivity contribution in [1.29, 1.82) is 0 Å². The summed E-state index contributed by atoms with van der Waals surface area (Å²) in [7, 11) is 0. The summed E-state index contributed by atoms with van der Waals surface area (Å²) in [4.78, 5) is 39.1. The molecule has 0 fully saturated rings. The van der Waals surface area contributed by atoms with Crippen molar-refractivity contribution in [1.82, 2.24) is 39.9 Å². The van der Waals surface area contributed by atoms with Gasteiger partial charge in [-0.05, 0) is 98.5 Å². The lowest BCUT2D eigenvalue weighted by atomic mass is 10.1. The van der Waals surface area contributed by atoms with Crippen molar-refractivity contribution in [3.63, 3.8) is 0 Å². The molecular formula is C64H82N8O4. The monoisotopic (exact) mass is 1030 g/mol. The van der Waals surface area contributed by atoms with E-state index in [1.54, 1.807) is 0 Å². The summed E-state index contributed by atoms with van der Waals surface area (Å²) >= 11 is 0. The number of rotatable bonds is 32. The maximum atomic E-state index is 6.41. The Labute approximate surface area is 450 Å². The molecule has 5 heterocycles. The number of H-pyrrole nitrogens is 2. The van der Waals surface area contributed by atoms with E-state index in [4.69, 9.17) is 48.9 Å². The van der Waals surface area contributed by atoms with E-state index < -0.39 is 0 Å². The van der Waals surface area contributed by atoms with Gasteiger partial charge in [0.15, 0.2) is 23.3 Å². The summed E-state index contributed by atoms with van der Waals surface area (Å²) in [5.41, 5.74) is 5.88. The Balaban J connectivity index is 1.17. The first-order valence-corrected chi connectivity index (χ1v) is 29.4. The lowest BCUT2D eigenvalue weighted by molar-refractivity contribution is 0.304. The molecule has 2 aliphatic heterocycles. The highest BCUT2D eigenvalue weighted by molar-refractivity contribution is 6.07. The maximum absolute atomic E-state index is 6.41. The fourth-order valence-electron chi connectivity index (χ4n) is 10.4. The van der Waals surface area contributed by atoms with Crippen molar-refractivity contribution >= 4 is 44.1 Å². The number of hydrogen-bond donors (Lipinski definition) is 2. The summed E-state index contributed by atoms with van der Waals surface area (Å²) in [5.74, 6) is 5.25. The number of nitrogens with one attached hydrogen (secondary N) is 2. The zero-order valence-electron chi connectivity index (χ0n) is 46.0. The Hall–Kier alpha value is -6.56. The fraction of sp³-hybridized carbons (Fsp3) is 0.500. The summed E-state index contributed by atoms with van der Waals surface area (Å²) in [6.45, 7) is 11.6. The maximum Gasteiger partial charge on any atom is 0.164 e. The minimum absolute atomic E-state index is 0.528. The topological polar surface area (TPSA) is 146 Å². The van der Waals surface area contributed by atoms with E-state index >= 15 is 0 Å². The smallest absolute Gasteiger partial charge is 0.164 e. The summed E-state index contributed by atoms with van der Waals surface area (Å²) in [5, 5.41) is 3.52. The second-order valence-electron chi connectivity index (χ2n) is 20.9. The third kappa shape index (κ3) is 14.1. The Bertz CT molecular complexity index is 2950. The first-order chi connectivity index (χ1) is 37.5. The molecule has 2 N–H and O–H groups in total. The second kappa shape index (κ2) is 28.0. The molecule has 0 saturated carbocycles. The van der Waals surface area contributed by atoms with Gasteiger partial charge in [-0.2, -0.15) is 0 Å². The number of hydrogen-bond acceptors (Lipinski definition) is 10. The highest BCUT2D eigenvalue weighted by Gasteiger charge is 2.24. The number of benzene rings is 4. The van der Waals surface area contributed by atoms with Crippen LogP contribution in [0.2, 0.25) is 0 Å². The lowest BCUT2D eigenvalue weighted by Gasteiger charge is -2.08. The van der Waals surface area contributed by atoms with Gasteiger partial charge in [-0.25, -0.2) is 29.9 Å². The van der Waals surface area contributed by atoms with Gasteiger partial charge in [0.05, 0.1) is 26.4 Å². The highest BCUT2D eigenvalue weighted by Crippen LogP contribution is 2.40. The number of aromatic nitrogens is 8. The van der Waals surface area contributed by atoms with Crippen LogP contribution in [0.3, 0.4) is 0 Å². The molecule has 0 aliphatic carbocycles. The third-order valence-electron chi connectivity index (χ3n) is 14.8. The predicted octanol–water partition coefficient (Wildman–Crippen LogP) is 17.8. The van der Waals surface area contributed by atoms with Gasteiger partial charge >= 0.3 is 0 Å². The van der Waals surface area contributed by atoms with E-state index in [9.17, 15) is 0 Å². The first-order valence-electron chi connectivity index (χ1n) is 29.4. The van der Waals surface area contributed by atoms with E-state index in [0.717, 1.165) is 118 Å². The second-order valence-corrected chi connectivity index (χ2v) is 20.9. The van der Waals surface area contributed by atoms with Crippen LogP contribution in [0.5, 0.6) is 23.0 Å². The molecular weight excluding hydrogens is 945 g/mol. The molecule has 0 spiro atoms. The highest BCUT2D eigenvalue weighted by atomic mass is 16.5. The number of fused-ring (bicyclic) bond motifs is 20. The Morgan fingerprint density at radius 1 is 0.276 bits per heavy atom. The van der Waals surface area contributed by atoms with Gasteiger partial charge in [0, 0.05) is 43.8 Å². The first kappa shape index (κ1) is 54.2. The van der Waals surface area contributed by atoms with Gasteiger partial charge in [-0.3, -0.25) is 0 Å². The van der Waals surface area contributed by atoms with Gasteiger partial charge in [-0.15, -0.1) is 0 Å². The molecule has 12 heteroatoms. The third-order valence-corrected chi connectivity index (χ3v) is 14.8. The average molecular weight is 1030 g/mol. The van der Waals surface area contributed by atoms with Crippen LogP contribution >= 0.6 is 0 Å². The van der Waals surface area contributed by atoms with Crippen molar-refractivity contribution in [3.05, 3.63) is 72.8 Å². The molecule has 0 atom stereocenters. The van der Waals surface area contributed by atoms with E-state index in [1.165, 1.54) is 103 Å². The quantitative estimate of drug-likeness (QED) is 0.0391. The van der Waals surface area contributed by atoms with Crippen LogP contribution in [0.1, 0.15) is 182 Å². The van der Waals surface area contributed by atoms with E-state index in [2.05, 4.69) is 86.2 Å². The Morgan fingerprint density at radius 3 is 0.895 bits per heavy atom. The largest absolute Gasteiger partial charge is 0.494 e. The fourth-order valence-corrected chi connectivity index (χ4v) is 10.4. The molecule has 3 aromatic heterocycles. The molecule has 0 amide bonds. The zero-order chi connectivity index (χ0) is 52.3. The van der Waals surface area contributed by atoms with Crippen LogP contribution in [0.15, 0.2) is 72.8 Å². The van der Waals surface area contributed by atoms with Crippen molar-refractivity contribution < 1.29 is 18.9 Å². The minimum Gasteiger partial charge on any atom is -0.494 e. The van der Waals surface area contributed by atoms with E-state index in [0.29, 0.717) is 72.3 Å². The predicted molar refractivity (Wildman–Crippen MR) is 312 cm³/mol. The molecule has 76 heavy (non-hydrogen) atoms.